The summed E-state index contributed by atoms with van der Waals surface area (Å²) < 4.78 is 20.0. The molecule has 0 aliphatic heterocycles. The molecule has 1 heterocycles. The van der Waals surface area contributed by atoms with Crippen LogP contribution in [-0.4, -0.2) is 22.6 Å². The topological polar surface area (TPSA) is 47.0 Å². The van der Waals surface area contributed by atoms with E-state index < -0.39 is 0 Å². The minimum Gasteiger partial charge on any atom is -0.491 e. The summed E-state index contributed by atoms with van der Waals surface area (Å²) in [4.78, 5) is 0. The Balaban J connectivity index is 1.48. The van der Waals surface area contributed by atoms with Crippen LogP contribution in [0.2, 0.25) is 5.02 Å². The van der Waals surface area contributed by atoms with E-state index in [0.717, 1.165) is 4.34 Å². The van der Waals surface area contributed by atoms with Crippen LogP contribution in [0.5, 0.6) is 5.75 Å². The Morgan fingerprint density at radius 2 is 1.92 bits per heavy atom. The number of anilines is 2. The monoisotopic (exact) mass is 381 g/mol. The molecule has 4 nitrogen and oxygen atoms in total. The molecule has 1 N–H and O–H groups in total. The molecule has 2 aromatic carbocycles. The first-order valence-corrected chi connectivity index (χ1v) is 9.25. The van der Waals surface area contributed by atoms with E-state index >= 15 is 0 Å². The minimum absolute atomic E-state index is 0.324. The molecule has 0 radical (unpaired) electrons. The summed E-state index contributed by atoms with van der Waals surface area (Å²) in [6.45, 7) is 0.504. The molecular formula is C16H13ClFN3OS2. The van der Waals surface area contributed by atoms with E-state index in [2.05, 4.69) is 15.5 Å². The summed E-state index contributed by atoms with van der Waals surface area (Å²) in [6, 6.07) is 13.8. The van der Waals surface area contributed by atoms with Gasteiger partial charge in [0.25, 0.3) is 0 Å². The minimum atomic E-state index is -0.324. The molecule has 3 rings (SSSR count). The average Bonchev–Trinajstić information content (AvgIpc) is 3.03. The lowest BCUT2D eigenvalue weighted by Crippen LogP contribution is -2.00. The second kappa shape index (κ2) is 8.32. The van der Waals surface area contributed by atoms with Gasteiger partial charge < -0.3 is 10.1 Å². The Bertz CT molecular complexity index is 815. The molecule has 0 atom stereocenters. The molecule has 0 saturated heterocycles. The van der Waals surface area contributed by atoms with Crippen molar-refractivity contribution < 1.29 is 9.13 Å². The first kappa shape index (κ1) is 17.0. The van der Waals surface area contributed by atoms with Crippen molar-refractivity contribution in [3.63, 3.8) is 0 Å². The van der Waals surface area contributed by atoms with Gasteiger partial charge in [-0.1, -0.05) is 59.0 Å². The van der Waals surface area contributed by atoms with Crippen molar-refractivity contribution in [2.45, 2.75) is 4.34 Å². The first-order chi connectivity index (χ1) is 11.7. The summed E-state index contributed by atoms with van der Waals surface area (Å²) in [6.07, 6.45) is 0. The molecule has 8 heteroatoms. The van der Waals surface area contributed by atoms with E-state index in [-0.39, 0.29) is 5.82 Å². The maximum atomic E-state index is 13.6. The maximum Gasteiger partial charge on any atom is 0.210 e. The lowest BCUT2D eigenvalue weighted by molar-refractivity contribution is 0.344. The fraction of sp³-hybridized carbons (Fsp3) is 0.125. The summed E-state index contributed by atoms with van der Waals surface area (Å²) in [5.74, 6) is 1.05. The second-order valence-electron chi connectivity index (χ2n) is 4.61. The summed E-state index contributed by atoms with van der Waals surface area (Å²) in [7, 11) is 0. The van der Waals surface area contributed by atoms with E-state index in [0.29, 0.717) is 34.0 Å². The third kappa shape index (κ3) is 4.59. The van der Waals surface area contributed by atoms with E-state index in [9.17, 15) is 4.39 Å². The van der Waals surface area contributed by atoms with Gasteiger partial charge in [0.05, 0.1) is 17.3 Å². The van der Waals surface area contributed by atoms with Gasteiger partial charge in [0.2, 0.25) is 5.13 Å². The summed E-state index contributed by atoms with van der Waals surface area (Å²) >= 11 is 8.91. The van der Waals surface area contributed by atoms with Gasteiger partial charge in [-0.05, 0) is 24.3 Å². The summed E-state index contributed by atoms with van der Waals surface area (Å²) in [5, 5.41) is 12.1. The van der Waals surface area contributed by atoms with Crippen molar-refractivity contribution in [1.29, 1.82) is 0 Å². The Labute approximate surface area is 152 Å². The highest BCUT2D eigenvalue weighted by atomic mass is 35.5. The number of rotatable bonds is 7. The molecule has 0 amide bonds. The van der Waals surface area contributed by atoms with Gasteiger partial charge in [0.1, 0.15) is 11.6 Å². The lowest BCUT2D eigenvalue weighted by Gasteiger charge is -2.06. The van der Waals surface area contributed by atoms with Gasteiger partial charge >= 0.3 is 0 Å². The standard InChI is InChI=1S/C16H13ClFN3OS2/c17-11-5-1-4-8-14(11)22-9-10-23-16-21-20-15(24-16)19-13-7-3-2-6-12(13)18/h1-8H,9-10H2,(H,19,20). The van der Waals surface area contributed by atoms with Crippen LogP contribution >= 0.6 is 34.7 Å². The van der Waals surface area contributed by atoms with E-state index in [1.165, 1.54) is 29.2 Å². The number of benzene rings is 2. The largest absolute Gasteiger partial charge is 0.491 e. The number of ether oxygens (including phenoxy) is 1. The van der Waals surface area contributed by atoms with Crippen molar-refractivity contribution >= 4 is 45.5 Å². The zero-order valence-electron chi connectivity index (χ0n) is 12.4. The lowest BCUT2D eigenvalue weighted by atomic mass is 10.3. The van der Waals surface area contributed by atoms with Crippen molar-refractivity contribution in [3.8, 4) is 5.75 Å². The smallest absolute Gasteiger partial charge is 0.210 e. The molecule has 0 aliphatic carbocycles. The number of aromatic nitrogens is 2. The van der Waals surface area contributed by atoms with Gasteiger partial charge in [-0.15, -0.1) is 10.2 Å². The molecule has 1 aromatic heterocycles. The predicted octanol–water partition coefficient (Wildman–Crippen LogP) is 5.25. The quantitative estimate of drug-likeness (QED) is 0.447. The second-order valence-corrected chi connectivity index (χ2v) is 7.33. The number of hydrogen-bond acceptors (Lipinski definition) is 6. The molecule has 3 aromatic rings. The number of para-hydroxylation sites is 2. The number of halogens is 2. The Kier molecular flexibility index (Phi) is 5.90. The highest BCUT2D eigenvalue weighted by molar-refractivity contribution is 8.01. The van der Waals surface area contributed by atoms with Gasteiger partial charge in [0.15, 0.2) is 4.34 Å². The number of thioether (sulfide) groups is 1. The van der Waals surface area contributed by atoms with Gasteiger partial charge in [-0.2, -0.15) is 0 Å². The van der Waals surface area contributed by atoms with Crippen LogP contribution in [-0.2, 0) is 0 Å². The van der Waals surface area contributed by atoms with Gasteiger partial charge in [-0.25, -0.2) is 4.39 Å². The zero-order valence-corrected chi connectivity index (χ0v) is 14.8. The fourth-order valence-electron chi connectivity index (χ4n) is 1.84. The molecule has 124 valence electrons. The number of hydrogen-bond donors (Lipinski definition) is 1. The van der Waals surface area contributed by atoms with E-state index in [1.807, 2.05) is 18.2 Å². The average molecular weight is 382 g/mol. The van der Waals surface area contributed by atoms with E-state index in [4.69, 9.17) is 16.3 Å². The summed E-state index contributed by atoms with van der Waals surface area (Å²) in [5.41, 5.74) is 0.382. The normalized spacial score (nSPS) is 10.6. The van der Waals surface area contributed by atoms with Crippen molar-refractivity contribution in [1.82, 2.24) is 10.2 Å². The van der Waals surface area contributed by atoms with E-state index in [1.54, 1.807) is 24.3 Å². The van der Waals surface area contributed by atoms with Crippen LogP contribution in [0, 0.1) is 5.82 Å². The Hall–Kier alpha value is -1.83. The molecule has 0 unspecified atom stereocenters. The SMILES string of the molecule is Fc1ccccc1Nc1nnc(SCCOc2ccccc2Cl)s1. The third-order valence-corrected chi connectivity index (χ3v) is 5.17. The number of nitrogens with one attached hydrogen (secondary N) is 1. The number of nitrogens with zero attached hydrogens (tertiary/aromatic N) is 2. The predicted molar refractivity (Wildman–Crippen MR) is 97.3 cm³/mol. The van der Waals surface area contributed by atoms with Crippen molar-refractivity contribution in [3.05, 3.63) is 59.4 Å². The Morgan fingerprint density at radius 3 is 2.75 bits per heavy atom. The molecule has 0 aliphatic rings. The molecule has 0 fully saturated rings. The molecule has 0 spiro atoms. The zero-order chi connectivity index (χ0) is 16.8. The van der Waals surface area contributed by atoms with Crippen LogP contribution in [0.3, 0.4) is 0 Å². The van der Waals surface area contributed by atoms with Gasteiger partial charge in [-0.3, -0.25) is 0 Å². The highest BCUT2D eigenvalue weighted by Crippen LogP contribution is 2.29. The fourth-order valence-corrected chi connectivity index (χ4v) is 3.68. The van der Waals surface area contributed by atoms with Crippen molar-refractivity contribution in [2.24, 2.45) is 0 Å². The molecular weight excluding hydrogens is 369 g/mol. The van der Waals surface area contributed by atoms with Gasteiger partial charge in [0, 0.05) is 5.75 Å². The Morgan fingerprint density at radius 1 is 1.12 bits per heavy atom. The van der Waals surface area contributed by atoms with Crippen molar-refractivity contribution in [2.75, 3.05) is 17.7 Å². The van der Waals surface area contributed by atoms with Crippen LogP contribution in [0.1, 0.15) is 0 Å². The van der Waals surface area contributed by atoms with Crippen LogP contribution in [0.15, 0.2) is 52.9 Å². The third-order valence-electron chi connectivity index (χ3n) is 2.93. The molecule has 0 saturated carbocycles. The van der Waals surface area contributed by atoms with Crippen LogP contribution in [0.25, 0.3) is 0 Å². The highest BCUT2D eigenvalue weighted by Gasteiger charge is 2.08. The maximum absolute atomic E-state index is 13.6. The first-order valence-electron chi connectivity index (χ1n) is 7.07. The molecule has 24 heavy (non-hydrogen) atoms. The van der Waals surface area contributed by atoms with Crippen LogP contribution in [0.4, 0.5) is 15.2 Å². The van der Waals surface area contributed by atoms with Crippen LogP contribution < -0.4 is 10.1 Å². The molecule has 0 bridgehead atoms.